The second kappa shape index (κ2) is 6.87. The average molecular weight is 305 g/mol. The lowest BCUT2D eigenvalue weighted by atomic mass is 10.1. The van der Waals surface area contributed by atoms with E-state index in [2.05, 4.69) is 0 Å². The molecule has 0 saturated carbocycles. The fraction of sp³-hybridized carbons (Fsp3) is 0.188. The third-order valence-corrected chi connectivity index (χ3v) is 3.04. The maximum Gasteiger partial charge on any atom is 0.165 e. The van der Waals surface area contributed by atoms with E-state index in [9.17, 15) is 13.9 Å². The summed E-state index contributed by atoms with van der Waals surface area (Å²) in [6, 6.07) is 9.65. The number of aliphatic hydroxyl groups excluding tert-OH is 1. The van der Waals surface area contributed by atoms with Gasteiger partial charge in [-0.1, -0.05) is 12.1 Å². The molecule has 0 saturated heterocycles. The van der Waals surface area contributed by atoms with Crippen LogP contribution in [-0.4, -0.2) is 18.8 Å². The number of ether oxygens (including phenoxy) is 2. The van der Waals surface area contributed by atoms with Crippen molar-refractivity contribution in [1.82, 2.24) is 0 Å². The zero-order valence-electron chi connectivity index (χ0n) is 11.7. The molecule has 0 aliphatic rings. The predicted octanol–water partition coefficient (Wildman–Crippen LogP) is 2.96. The number of hydrogen-bond donors (Lipinski definition) is 1. The maximum atomic E-state index is 13.6. The van der Waals surface area contributed by atoms with E-state index in [0.717, 1.165) is 12.1 Å². The molecule has 0 spiro atoms. The molecule has 1 unspecified atom stereocenters. The number of benzene rings is 2. The Labute approximate surface area is 126 Å². The van der Waals surface area contributed by atoms with Gasteiger partial charge < -0.3 is 14.6 Å². The number of nitrogens with zero attached hydrogens (tertiary/aromatic N) is 1. The molecule has 0 heterocycles. The largest absolute Gasteiger partial charge is 0.494 e. The van der Waals surface area contributed by atoms with E-state index in [-0.39, 0.29) is 29.2 Å². The van der Waals surface area contributed by atoms with Crippen LogP contribution >= 0.6 is 0 Å². The van der Waals surface area contributed by atoms with Crippen molar-refractivity contribution in [3.05, 3.63) is 59.2 Å². The lowest BCUT2D eigenvalue weighted by Crippen LogP contribution is -2.11. The van der Waals surface area contributed by atoms with E-state index in [4.69, 9.17) is 14.7 Å². The van der Waals surface area contributed by atoms with Crippen LogP contribution in [0.5, 0.6) is 11.5 Å². The number of hydrogen-bond acceptors (Lipinski definition) is 4. The van der Waals surface area contributed by atoms with Crippen molar-refractivity contribution in [2.24, 2.45) is 0 Å². The molecule has 2 aromatic carbocycles. The zero-order valence-corrected chi connectivity index (χ0v) is 11.7. The summed E-state index contributed by atoms with van der Waals surface area (Å²) in [5, 5.41) is 18.9. The number of aliphatic hydroxyl groups is 1. The minimum atomic E-state index is -1.13. The SMILES string of the molecule is COc1ccc(C(O)COc2cccc(F)c2C#N)cc1F. The maximum absolute atomic E-state index is 13.6. The van der Waals surface area contributed by atoms with Gasteiger partial charge >= 0.3 is 0 Å². The van der Waals surface area contributed by atoms with Gasteiger partial charge in [0.25, 0.3) is 0 Å². The van der Waals surface area contributed by atoms with Crippen molar-refractivity contribution in [1.29, 1.82) is 5.26 Å². The Morgan fingerprint density at radius 3 is 2.59 bits per heavy atom. The molecule has 0 amide bonds. The van der Waals surface area contributed by atoms with Crippen LogP contribution in [0.25, 0.3) is 0 Å². The van der Waals surface area contributed by atoms with Gasteiger partial charge in [0.1, 0.15) is 35.9 Å². The molecule has 1 atom stereocenters. The van der Waals surface area contributed by atoms with Gasteiger partial charge in [-0.25, -0.2) is 8.78 Å². The first-order valence-electron chi connectivity index (χ1n) is 6.39. The molecule has 2 rings (SSSR count). The summed E-state index contributed by atoms with van der Waals surface area (Å²) < 4.78 is 37.0. The topological polar surface area (TPSA) is 62.5 Å². The smallest absolute Gasteiger partial charge is 0.165 e. The standard InChI is InChI=1S/C16H13F2NO3/c1-21-16-6-5-10(7-13(16)18)14(20)9-22-15-4-2-3-12(17)11(15)8-19/h2-7,14,20H,9H2,1H3. The van der Waals surface area contributed by atoms with Crippen molar-refractivity contribution in [2.75, 3.05) is 13.7 Å². The van der Waals surface area contributed by atoms with Crippen LogP contribution in [0.2, 0.25) is 0 Å². The summed E-state index contributed by atoms with van der Waals surface area (Å²) in [7, 11) is 1.34. The predicted molar refractivity (Wildman–Crippen MR) is 74.5 cm³/mol. The normalized spacial score (nSPS) is 11.6. The zero-order chi connectivity index (χ0) is 16.1. The fourth-order valence-corrected chi connectivity index (χ4v) is 1.89. The van der Waals surface area contributed by atoms with Crippen LogP contribution in [0.15, 0.2) is 36.4 Å². The van der Waals surface area contributed by atoms with Crippen molar-refractivity contribution in [3.8, 4) is 17.6 Å². The second-order valence-corrected chi connectivity index (χ2v) is 4.45. The minimum Gasteiger partial charge on any atom is -0.494 e. The van der Waals surface area contributed by atoms with Gasteiger partial charge in [-0.3, -0.25) is 0 Å². The quantitative estimate of drug-likeness (QED) is 0.922. The minimum absolute atomic E-state index is 0.0236. The molecule has 6 heteroatoms. The van der Waals surface area contributed by atoms with Crippen molar-refractivity contribution in [3.63, 3.8) is 0 Å². The highest BCUT2D eigenvalue weighted by atomic mass is 19.1. The summed E-state index contributed by atoms with van der Waals surface area (Å²) in [5.74, 6) is -1.23. The molecule has 0 aliphatic carbocycles. The van der Waals surface area contributed by atoms with E-state index in [0.29, 0.717) is 0 Å². The molecule has 4 nitrogen and oxygen atoms in total. The summed E-state index contributed by atoms with van der Waals surface area (Å²) in [6.07, 6.45) is -1.13. The van der Waals surface area contributed by atoms with Crippen LogP contribution in [0.3, 0.4) is 0 Å². The Morgan fingerprint density at radius 2 is 1.95 bits per heavy atom. The highest BCUT2D eigenvalue weighted by Gasteiger charge is 2.14. The van der Waals surface area contributed by atoms with Gasteiger partial charge in [-0.2, -0.15) is 5.26 Å². The van der Waals surface area contributed by atoms with E-state index in [1.165, 1.54) is 31.4 Å². The molecule has 0 bridgehead atoms. The van der Waals surface area contributed by atoms with Crippen LogP contribution in [0, 0.1) is 23.0 Å². The third kappa shape index (κ3) is 3.32. The van der Waals surface area contributed by atoms with Gasteiger partial charge in [0, 0.05) is 0 Å². The molecule has 114 valence electrons. The first-order valence-corrected chi connectivity index (χ1v) is 6.39. The Kier molecular flexibility index (Phi) is 4.92. The van der Waals surface area contributed by atoms with E-state index < -0.39 is 17.7 Å². The Bertz CT molecular complexity index is 713. The summed E-state index contributed by atoms with van der Waals surface area (Å²) in [4.78, 5) is 0. The first-order chi connectivity index (χ1) is 10.6. The highest BCUT2D eigenvalue weighted by Crippen LogP contribution is 2.24. The lowest BCUT2D eigenvalue weighted by Gasteiger charge is -2.14. The molecular weight excluding hydrogens is 292 g/mol. The van der Waals surface area contributed by atoms with Crippen LogP contribution in [-0.2, 0) is 0 Å². The average Bonchev–Trinajstić information content (AvgIpc) is 2.52. The number of halogens is 2. The Balaban J connectivity index is 2.10. The molecule has 1 N–H and O–H groups in total. The van der Waals surface area contributed by atoms with Crippen LogP contribution in [0.1, 0.15) is 17.2 Å². The van der Waals surface area contributed by atoms with Gasteiger partial charge in [0.05, 0.1) is 7.11 Å². The molecule has 0 aliphatic heterocycles. The van der Waals surface area contributed by atoms with Gasteiger partial charge in [-0.15, -0.1) is 0 Å². The Morgan fingerprint density at radius 1 is 1.18 bits per heavy atom. The van der Waals surface area contributed by atoms with Crippen LogP contribution < -0.4 is 9.47 Å². The van der Waals surface area contributed by atoms with E-state index in [1.54, 1.807) is 6.07 Å². The van der Waals surface area contributed by atoms with Crippen molar-refractivity contribution >= 4 is 0 Å². The molecule has 22 heavy (non-hydrogen) atoms. The summed E-state index contributed by atoms with van der Waals surface area (Å²) in [5.41, 5.74) is 0.0452. The van der Waals surface area contributed by atoms with E-state index in [1.807, 2.05) is 0 Å². The van der Waals surface area contributed by atoms with Gasteiger partial charge in [0.15, 0.2) is 11.6 Å². The third-order valence-electron chi connectivity index (χ3n) is 3.04. The Hall–Kier alpha value is -2.65. The van der Waals surface area contributed by atoms with Crippen molar-refractivity contribution in [2.45, 2.75) is 6.10 Å². The van der Waals surface area contributed by atoms with Crippen LogP contribution in [0.4, 0.5) is 8.78 Å². The number of nitriles is 1. The molecule has 2 aromatic rings. The number of rotatable bonds is 5. The summed E-state index contributed by atoms with van der Waals surface area (Å²) in [6.45, 7) is -0.246. The van der Waals surface area contributed by atoms with Crippen molar-refractivity contribution < 1.29 is 23.4 Å². The molecule has 0 fully saturated rings. The number of methoxy groups -OCH3 is 1. The monoisotopic (exact) mass is 305 g/mol. The summed E-state index contributed by atoms with van der Waals surface area (Å²) >= 11 is 0. The van der Waals surface area contributed by atoms with Gasteiger partial charge in [0.2, 0.25) is 0 Å². The highest BCUT2D eigenvalue weighted by molar-refractivity contribution is 5.43. The lowest BCUT2D eigenvalue weighted by molar-refractivity contribution is 0.107. The molecule has 0 radical (unpaired) electrons. The second-order valence-electron chi connectivity index (χ2n) is 4.45. The first kappa shape index (κ1) is 15.7. The molecular formula is C16H13F2NO3. The van der Waals surface area contributed by atoms with Gasteiger partial charge in [-0.05, 0) is 29.8 Å². The van der Waals surface area contributed by atoms with E-state index >= 15 is 0 Å². The molecule has 0 aromatic heterocycles. The fourth-order valence-electron chi connectivity index (χ4n) is 1.89.